The summed E-state index contributed by atoms with van der Waals surface area (Å²) in [6.07, 6.45) is 0.537. The number of ether oxygens (including phenoxy) is 2. The van der Waals surface area contributed by atoms with Crippen molar-refractivity contribution in [1.82, 2.24) is 15.5 Å². The molecule has 2 aliphatic rings. The fourth-order valence-corrected chi connectivity index (χ4v) is 5.24. The van der Waals surface area contributed by atoms with E-state index < -0.39 is 35.0 Å². The number of benzene rings is 1. The molecule has 2 amide bonds. The molecule has 5 atom stereocenters. The third-order valence-electron chi connectivity index (χ3n) is 6.84. The van der Waals surface area contributed by atoms with E-state index in [0.717, 1.165) is 13.0 Å². The molecule has 35 heavy (non-hydrogen) atoms. The number of carbonyl (C=O) groups excluding carboxylic acids is 3. The van der Waals surface area contributed by atoms with Gasteiger partial charge in [-0.2, -0.15) is 10.2 Å². The van der Waals surface area contributed by atoms with Gasteiger partial charge in [0.1, 0.15) is 5.54 Å². The summed E-state index contributed by atoms with van der Waals surface area (Å²) in [6.45, 7) is 2.78. The molecular formula is C24H34ClN5O5. The number of nitrogens with zero attached hydrogens (tertiary/aromatic N) is 3. The Bertz CT molecular complexity index is 962. The molecule has 1 saturated heterocycles. The Morgan fingerprint density at radius 2 is 1.91 bits per heavy atom. The van der Waals surface area contributed by atoms with Crippen molar-refractivity contribution in [2.75, 3.05) is 41.4 Å². The van der Waals surface area contributed by atoms with Crippen molar-refractivity contribution in [3.63, 3.8) is 0 Å². The summed E-state index contributed by atoms with van der Waals surface area (Å²) in [7, 11) is 7.02. The van der Waals surface area contributed by atoms with Crippen LogP contribution in [0.5, 0.6) is 0 Å². The molecule has 1 saturated carbocycles. The number of rotatable bonds is 10. The molecule has 2 fully saturated rings. The lowest BCUT2D eigenvalue weighted by molar-refractivity contribution is -0.173. The van der Waals surface area contributed by atoms with Crippen LogP contribution in [0.15, 0.2) is 34.5 Å². The standard InChI is InChI=1S/C24H34ClN5O5/c1-15(31)24(22(33)27-23(24)14-19(34-4)18(25)13-20(23)35-5)29-28-17-9-7-16(8-10-17)21(32)26-11-6-12-30(2)3/h7-10,18-20H,6,11-14H2,1-5H3,(H,26,32)(H,27,33). The number of hydrogen-bond donors (Lipinski definition) is 2. The second kappa shape index (κ2) is 11.1. The normalized spacial score (nSPS) is 30.4. The van der Waals surface area contributed by atoms with Gasteiger partial charge in [0.05, 0.1) is 23.3 Å². The van der Waals surface area contributed by atoms with Crippen LogP contribution < -0.4 is 10.6 Å². The Hall–Kier alpha value is -2.40. The number of amides is 2. The largest absolute Gasteiger partial charge is 0.380 e. The average Bonchev–Trinajstić information content (AvgIpc) is 2.82. The fourth-order valence-electron chi connectivity index (χ4n) is 4.89. The molecular weight excluding hydrogens is 474 g/mol. The van der Waals surface area contributed by atoms with E-state index in [4.69, 9.17) is 21.1 Å². The van der Waals surface area contributed by atoms with Crippen LogP contribution in [0, 0.1) is 0 Å². The second-order valence-electron chi connectivity index (χ2n) is 9.31. The first-order valence-electron chi connectivity index (χ1n) is 11.6. The Morgan fingerprint density at radius 1 is 1.23 bits per heavy atom. The number of alkyl halides is 1. The minimum atomic E-state index is -1.76. The van der Waals surface area contributed by atoms with Crippen molar-refractivity contribution < 1.29 is 23.9 Å². The summed E-state index contributed by atoms with van der Waals surface area (Å²) in [5.41, 5.74) is -1.99. The van der Waals surface area contributed by atoms with Crippen LogP contribution in [0.25, 0.3) is 0 Å². The molecule has 3 rings (SSSR count). The third-order valence-corrected chi connectivity index (χ3v) is 7.29. The van der Waals surface area contributed by atoms with Crippen LogP contribution in [0.4, 0.5) is 5.69 Å². The molecule has 1 heterocycles. The molecule has 2 N–H and O–H groups in total. The van der Waals surface area contributed by atoms with Crippen LogP contribution >= 0.6 is 11.6 Å². The zero-order valence-corrected chi connectivity index (χ0v) is 21.6. The third kappa shape index (κ3) is 5.11. The number of Topliss-reactive ketones (excluding diaryl/α,β-unsaturated/α-hetero) is 1. The fraction of sp³-hybridized carbons (Fsp3) is 0.625. The van der Waals surface area contributed by atoms with Crippen molar-refractivity contribution in [3.8, 4) is 0 Å². The van der Waals surface area contributed by atoms with Crippen molar-refractivity contribution in [2.45, 2.75) is 54.8 Å². The van der Waals surface area contributed by atoms with Gasteiger partial charge in [-0.15, -0.1) is 11.6 Å². The van der Waals surface area contributed by atoms with Crippen LogP contribution in [0.2, 0.25) is 0 Å². The Balaban J connectivity index is 1.80. The first kappa shape index (κ1) is 27.2. The number of nitrogens with one attached hydrogen (secondary N) is 2. The van der Waals surface area contributed by atoms with E-state index in [1.165, 1.54) is 21.1 Å². The van der Waals surface area contributed by atoms with Crippen LogP contribution in [-0.2, 0) is 19.1 Å². The van der Waals surface area contributed by atoms with E-state index >= 15 is 0 Å². The summed E-state index contributed by atoms with van der Waals surface area (Å²) < 4.78 is 11.2. The number of ketones is 1. The zero-order chi connectivity index (χ0) is 25.8. The lowest BCUT2D eigenvalue weighted by Gasteiger charge is -2.60. The highest BCUT2D eigenvalue weighted by Gasteiger charge is 2.75. The second-order valence-corrected chi connectivity index (χ2v) is 9.87. The van der Waals surface area contributed by atoms with Gasteiger partial charge in [0.2, 0.25) is 5.54 Å². The van der Waals surface area contributed by atoms with Crippen molar-refractivity contribution in [3.05, 3.63) is 29.8 Å². The van der Waals surface area contributed by atoms with Crippen molar-refractivity contribution >= 4 is 34.9 Å². The zero-order valence-electron chi connectivity index (χ0n) is 20.8. The van der Waals surface area contributed by atoms with Crippen molar-refractivity contribution in [1.29, 1.82) is 0 Å². The van der Waals surface area contributed by atoms with Gasteiger partial charge in [0.25, 0.3) is 11.8 Å². The number of azo groups is 1. The lowest BCUT2D eigenvalue weighted by Crippen LogP contribution is -2.88. The van der Waals surface area contributed by atoms with Crippen LogP contribution in [-0.4, -0.2) is 92.6 Å². The summed E-state index contributed by atoms with van der Waals surface area (Å²) in [4.78, 5) is 40.2. The molecule has 5 unspecified atom stereocenters. The van der Waals surface area contributed by atoms with Crippen LogP contribution in [0.1, 0.15) is 36.5 Å². The lowest BCUT2D eigenvalue weighted by atomic mass is 9.58. The minimum Gasteiger partial charge on any atom is -0.380 e. The Morgan fingerprint density at radius 3 is 2.46 bits per heavy atom. The molecule has 1 aromatic carbocycles. The van der Waals surface area contributed by atoms with Gasteiger partial charge in [-0.3, -0.25) is 14.4 Å². The summed E-state index contributed by atoms with van der Waals surface area (Å²) in [6, 6.07) is 6.50. The monoisotopic (exact) mass is 507 g/mol. The van der Waals surface area contributed by atoms with E-state index in [1.807, 2.05) is 14.1 Å². The van der Waals surface area contributed by atoms with Crippen molar-refractivity contribution in [2.24, 2.45) is 10.2 Å². The van der Waals surface area contributed by atoms with E-state index in [2.05, 4.69) is 25.8 Å². The van der Waals surface area contributed by atoms with Gasteiger partial charge in [0, 0.05) is 32.7 Å². The predicted molar refractivity (Wildman–Crippen MR) is 131 cm³/mol. The molecule has 0 radical (unpaired) electrons. The molecule has 10 nitrogen and oxygen atoms in total. The van der Waals surface area contributed by atoms with Crippen LogP contribution in [0.3, 0.4) is 0 Å². The topological polar surface area (TPSA) is 122 Å². The predicted octanol–water partition coefficient (Wildman–Crippen LogP) is 2.08. The number of β-lactam (4-membered cyclic amide) rings is 1. The molecule has 1 aliphatic heterocycles. The highest BCUT2D eigenvalue weighted by Crippen LogP contribution is 2.49. The Kier molecular flexibility index (Phi) is 8.63. The van der Waals surface area contributed by atoms with Gasteiger partial charge in [-0.1, -0.05) is 0 Å². The number of methoxy groups -OCH3 is 2. The number of carbonyl (C=O) groups is 3. The molecule has 0 bridgehead atoms. The van der Waals surface area contributed by atoms with E-state index in [9.17, 15) is 14.4 Å². The highest BCUT2D eigenvalue weighted by atomic mass is 35.5. The maximum atomic E-state index is 12.9. The van der Waals surface area contributed by atoms with Gasteiger partial charge < -0.3 is 25.0 Å². The summed E-state index contributed by atoms with van der Waals surface area (Å²) in [5.74, 6) is -1.16. The molecule has 1 aromatic rings. The average molecular weight is 508 g/mol. The van der Waals surface area contributed by atoms with Gasteiger partial charge in [-0.05, 0) is 64.7 Å². The Labute approximate surface area is 210 Å². The molecule has 11 heteroatoms. The highest BCUT2D eigenvalue weighted by molar-refractivity contribution is 6.21. The summed E-state index contributed by atoms with van der Waals surface area (Å²) in [5, 5.41) is 14.0. The quantitative estimate of drug-likeness (QED) is 0.164. The molecule has 1 spiro atoms. The van der Waals surface area contributed by atoms with Gasteiger partial charge in [-0.25, -0.2) is 0 Å². The van der Waals surface area contributed by atoms with E-state index in [-0.39, 0.29) is 17.7 Å². The first-order valence-corrected chi connectivity index (χ1v) is 12.0. The minimum absolute atomic E-state index is 0.184. The van der Waals surface area contributed by atoms with E-state index in [0.29, 0.717) is 24.2 Å². The maximum Gasteiger partial charge on any atom is 0.260 e. The van der Waals surface area contributed by atoms with Gasteiger partial charge >= 0.3 is 0 Å². The summed E-state index contributed by atoms with van der Waals surface area (Å²) >= 11 is 6.45. The molecule has 1 aliphatic carbocycles. The smallest absolute Gasteiger partial charge is 0.260 e. The molecule has 192 valence electrons. The number of halogens is 1. The SMILES string of the molecule is COC1CC2(NC(=O)C2(N=Nc2ccc(C(=O)NCCCN(C)C)cc2)C(C)=O)C(OC)CC1Cl. The van der Waals surface area contributed by atoms with E-state index in [1.54, 1.807) is 24.3 Å². The number of hydrogen-bond acceptors (Lipinski definition) is 8. The first-order chi connectivity index (χ1) is 16.6. The molecule has 0 aromatic heterocycles. The maximum absolute atomic E-state index is 12.9. The van der Waals surface area contributed by atoms with Gasteiger partial charge in [0.15, 0.2) is 5.78 Å².